The van der Waals surface area contributed by atoms with E-state index in [2.05, 4.69) is 0 Å². The van der Waals surface area contributed by atoms with Gasteiger partial charge >= 0.3 is 16.2 Å². The van der Waals surface area contributed by atoms with Crippen LogP contribution in [0.2, 0.25) is 0 Å². The van der Waals surface area contributed by atoms with Gasteiger partial charge in [-0.1, -0.05) is 19.4 Å². The first-order valence-electron chi connectivity index (χ1n) is 4.03. The molecule has 0 heterocycles. The van der Waals surface area contributed by atoms with Gasteiger partial charge in [0.1, 0.15) is 10.7 Å². The summed E-state index contributed by atoms with van der Waals surface area (Å²) < 4.78 is 74.4. The second kappa shape index (κ2) is 3.09. The Bertz CT molecular complexity index is 480. The standard InChI is InChI=1S/C8H6F6O2S/c9-6-1-5(3-8(15)16)2-7(4-6)17(10,11,12,13)14/h1-2,4H,3H2,(H,15,16). The summed E-state index contributed by atoms with van der Waals surface area (Å²) in [4.78, 5) is 7.79. The van der Waals surface area contributed by atoms with Gasteiger partial charge in [-0.25, -0.2) is 4.39 Å². The molecule has 1 rings (SSSR count). The second-order valence-corrected chi connectivity index (χ2v) is 5.74. The van der Waals surface area contributed by atoms with Crippen molar-refractivity contribution >= 4 is 16.2 Å². The first-order chi connectivity index (χ1) is 7.27. The zero-order valence-electron chi connectivity index (χ0n) is 7.97. The molecule has 1 aromatic carbocycles. The fourth-order valence-corrected chi connectivity index (χ4v) is 1.83. The number of halogens is 6. The zero-order chi connectivity index (χ0) is 13.5. The van der Waals surface area contributed by atoms with Crippen LogP contribution in [0.5, 0.6) is 0 Å². The van der Waals surface area contributed by atoms with E-state index < -0.39 is 38.9 Å². The summed E-state index contributed by atoms with van der Waals surface area (Å²) in [6.07, 6.45) is -0.974. The summed E-state index contributed by atoms with van der Waals surface area (Å²) in [7, 11) is -9.99. The molecule has 0 aromatic heterocycles. The highest BCUT2D eigenvalue weighted by Gasteiger charge is 2.65. The van der Waals surface area contributed by atoms with E-state index in [4.69, 9.17) is 5.11 Å². The van der Waals surface area contributed by atoms with Crippen LogP contribution in [0.4, 0.5) is 23.8 Å². The van der Waals surface area contributed by atoms with E-state index in [1.165, 1.54) is 0 Å². The third kappa shape index (κ3) is 3.84. The Kier molecular flexibility index (Phi) is 2.49. The van der Waals surface area contributed by atoms with Crippen molar-refractivity contribution in [2.24, 2.45) is 0 Å². The van der Waals surface area contributed by atoms with Crippen molar-refractivity contribution < 1.29 is 33.7 Å². The number of benzene rings is 1. The van der Waals surface area contributed by atoms with Gasteiger partial charge in [0, 0.05) is 0 Å². The van der Waals surface area contributed by atoms with Crippen LogP contribution < -0.4 is 0 Å². The number of carboxylic acids is 1. The van der Waals surface area contributed by atoms with Gasteiger partial charge in [-0.05, 0) is 23.8 Å². The largest absolute Gasteiger partial charge is 0.481 e. The van der Waals surface area contributed by atoms with Crippen molar-refractivity contribution in [1.82, 2.24) is 0 Å². The fraction of sp³-hybridized carbons (Fsp3) is 0.125. The van der Waals surface area contributed by atoms with Crippen molar-refractivity contribution in [2.45, 2.75) is 11.3 Å². The van der Waals surface area contributed by atoms with E-state index in [1.54, 1.807) is 0 Å². The molecule has 0 aliphatic rings. The summed E-state index contributed by atoms with van der Waals surface area (Å²) in [5.74, 6) is -3.12. The van der Waals surface area contributed by atoms with Crippen LogP contribution in [0, 0.1) is 5.82 Å². The van der Waals surface area contributed by atoms with E-state index >= 15 is 0 Å². The summed E-state index contributed by atoms with van der Waals surface area (Å²) in [6.45, 7) is 0. The number of hydrogen-bond donors (Lipinski definition) is 1. The van der Waals surface area contributed by atoms with Crippen LogP contribution in [-0.2, 0) is 11.2 Å². The van der Waals surface area contributed by atoms with Gasteiger partial charge in [-0.15, -0.1) is 0 Å². The Morgan fingerprint density at radius 3 is 2.06 bits per heavy atom. The van der Waals surface area contributed by atoms with Crippen molar-refractivity contribution in [3.63, 3.8) is 0 Å². The Labute approximate surface area is 91.6 Å². The minimum absolute atomic E-state index is 0.0568. The minimum Gasteiger partial charge on any atom is -0.481 e. The van der Waals surface area contributed by atoms with Crippen molar-refractivity contribution in [2.75, 3.05) is 0 Å². The Balaban J connectivity index is 3.39. The molecule has 9 heteroatoms. The summed E-state index contributed by atoms with van der Waals surface area (Å²) in [5.41, 5.74) is -0.680. The molecule has 0 saturated carbocycles. The normalized spacial score (nSPS) is 16.1. The molecule has 0 saturated heterocycles. The first-order valence-corrected chi connectivity index (χ1v) is 5.98. The Hall–Kier alpha value is -1.38. The highest BCUT2D eigenvalue weighted by Crippen LogP contribution is 3.02. The van der Waals surface area contributed by atoms with Crippen LogP contribution in [0.1, 0.15) is 5.56 Å². The van der Waals surface area contributed by atoms with Gasteiger partial charge in [0.05, 0.1) is 6.42 Å². The van der Waals surface area contributed by atoms with E-state index in [0.29, 0.717) is 6.07 Å². The van der Waals surface area contributed by atoms with Gasteiger partial charge in [0.25, 0.3) is 0 Å². The van der Waals surface area contributed by atoms with E-state index in [0.717, 1.165) is 0 Å². The average Bonchev–Trinajstić information content (AvgIpc) is 1.96. The summed E-state index contributed by atoms with van der Waals surface area (Å²) >= 11 is 0. The fourth-order valence-electron chi connectivity index (χ4n) is 1.12. The molecule has 2 nitrogen and oxygen atoms in total. The molecule has 0 fully saturated rings. The monoisotopic (exact) mass is 280 g/mol. The second-order valence-electron chi connectivity index (χ2n) is 3.33. The maximum absolute atomic E-state index is 12.7. The van der Waals surface area contributed by atoms with Crippen LogP contribution in [0.25, 0.3) is 0 Å². The number of carboxylic acid groups (broad SMARTS) is 1. The molecular weight excluding hydrogens is 274 g/mol. The lowest BCUT2D eigenvalue weighted by Crippen LogP contribution is -2.08. The topological polar surface area (TPSA) is 37.3 Å². The molecule has 0 unspecified atom stereocenters. The predicted molar refractivity (Wildman–Crippen MR) is 49.1 cm³/mol. The van der Waals surface area contributed by atoms with Crippen molar-refractivity contribution in [3.05, 3.63) is 29.6 Å². The lowest BCUT2D eigenvalue weighted by atomic mass is 10.1. The SMILES string of the molecule is O=C(O)Cc1cc(F)cc(S(F)(F)(F)(F)F)c1. The predicted octanol–water partition coefficient (Wildman–Crippen LogP) is 4.11. The van der Waals surface area contributed by atoms with Crippen LogP contribution >= 0.6 is 10.2 Å². The summed E-state index contributed by atoms with van der Waals surface area (Å²) in [5, 5.41) is 8.30. The number of carbonyl (C=O) groups is 1. The quantitative estimate of drug-likeness (QED) is 0.846. The zero-order valence-corrected chi connectivity index (χ0v) is 8.79. The van der Waals surface area contributed by atoms with Gasteiger partial charge in [-0.2, -0.15) is 0 Å². The first kappa shape index (κ1) is 13.7. The molecule has 1 aromatic rings. The van der Waals surface area contributed by atoms with E-state index in [1.807, 2.05) is 0 Å². The smallest absolute Gasteiger partial charge is 0.310 e. The Morgan fingerprint density at radius 1 is 1.12 bits per heavy atom. The van der Waals surface area contributed by atoms with Gasteiger partial charge in [0.15, 0.2) is 0 Å². The highest BCUT2D eigenvalue weighted by atomic mass is 32.5. The molecule has 0 atom stereocenters. The molecular formula is C8H6F6O2S. The third-order valence-corrected chi connectivity index (χ3v) is 2.86. The molecule has 0 aliphatic carbocycles. The summed E-state index contributed by atoms with van der Waals surface area (Å²) in [6, 6.07) is 0.0484. The molecule has 0 spiro atoms. The molecule has 0 aliphatic heterocycles. The van der Waals surface area contributed by atoms with Gasteiger partial charge in [-0.3, -0.25) is 4.79 Å². The lowest BCUT2D eigenvalue weighted by molar-refractivity contribution is -0.136. The number of hydrogen-bond acceptors (Lipinski definition) is 1. The number of aliphatic carboxylic acids is 1. The minimum atomic E-state index is -9.99. The van der Waals surface area contributed by atoms with Crippen LogP contribution in [0.3, 0.4) is 0 Å². The lowest BCUT2D eigenvalue weighted by Gasteiger charge is -2.40. The van der Waals surface area contributed by atoms with Gasteiger partial charge < -0.3 is 5.11 Å². The maximum Gasteiger partial charge on any atom is 0.310 e. The van der Waals surface area contributed by atoms with Crippen molar-refractivity contribution in [3.8, 4) is 0 Å². The molecule has 98 valence electrons. The molecule has 0 amide bonds. The molecule has 0 bridgehead atoms. The van der Waals surface area contributed by atoms with Crippen molar-refractivity contribution in [1.29, 1.82) is 0 Å². The maximum atomic E-state index is 12.7. The van der Waals surface area contributed by atoms with Gasteiger partial charge in [0.2, 0.25) is 0 Å². The third-order valence-electron chi connectivity index (χ3n) is 1.73. The Morgan fingerprint density at radius 2 is 1.65 bits per heavy atom. The van der Waals surface area contributed by atoms with Crippen LogP contribution in [0.15, 0.2) is 23.1 Å². The molecule has 17 heavy (non-hydrogen) atoms. The highest BCUT2D eigenvalue weighted by molar-refractivity contribution is 8.45. The number of rotatable bonds is 3. The van der Waals surface area contributed by atoms with E-state index in [-0.39, 0.29) is 12.1 Å². The van der Waals surface area contributed by atoms with Crippen LogP contribution in [-0.4, -0.2) is 11.1 Å². The van der Waals surface area contributed by atoms with E-state index in [9.17, 15) is 28.6 Å². The molecule has 0 radical (unpaired) electrons. The average molecular weight is 280 g/mol. The molecule has 1 N–H and O–H groups in total.